The van der Waals surface area contributed by atoms with Crippen molar-refractivity contribution in [3.8, 4) is 11.4 Å². The maximum atomic E-state index is 13.2. The first-order chi connectivity index (χ1) is 10.1. The Labute approximate surface area is 131 Å². The molecular weight excluding hydrogens is 337 g/mol. The average molecular weight is 354 g/mol. The van der Waals surface area contributed by atoms with Crippen LogP contribution in [0.1, 0.15) is 44.4 Å². The summed E-state index contributed by atoms with van der Waals surface area (Å²) in [6, 6.07) is 4.39. The topological polar surface area (TPSA) is 64.9 Å². The largest absolute Gasteiger partial charge is 0.337 e. The monoisotopic (exact) mass is 353 g/mol. The third-order valence-corrected chi connectivity index (χ3v) is 4.68. The lowest BCUT2D eigenvalue weighted by Gasteiger charge is -2.22. The molecule has 0 radical (unpaired) electrons. The zero-order valence-corrected chi connectivity index (χ0v) is 13.2. The summed E-state index contributed by atoms with van der Waals surface area (Å²) in [5.74, 6) is 0.606. The van der Waals surface area contributed by atoms with Crippen LogP contribution in [-0.2, 0) is 5.54 Å². The molecule has 0 atom stereocenters. The van der Waals surface area contributed by atoms with Crippen LogP contribution in [0.25, 0.3) is 11.4 Å². The number of hydrogen-bond acceptors (Lipinski definition) is 4. The second kappa shape index (κ2) is 5.85. The van der Waals surface area contributed by atoms with E-state index in [1.54, 1.807) is 6.07 Å². The van der Waals surface area contributed by atoms with E-state index in [0.29, 0.717) is 21.8 Å². The van der Waals surface area contributed by atoms with Gasteiger partial charge in [0.25, 0.3) is 0 Å². The number of rotatable bonds is 2. The van der Waals surface area contributed by atoms with Crippen LogP contribution >= 0.6 is 15.9 Å². The van der Waals surface area contributed by atoms with E-state index in [0.717, 1.165) is 25.7 Å². The van der Waals surface area contributed by atoms with Crippen molar-refractivity contribution in [2.75, 3.05) is 0 Å². The van der Waals surface area contributed by atoms with Gasteiger partial charge in [0.1, 0.15) is 5.82 Å². The summed E-state index contributed by atoms with van der Waals surface area (Å²) in [6.45, 7) is 0. The highest BCUT2D eigenvalue weighted by molar-refractivity contribution is 9.10. The Hall–Kier alpha value is -1.27. The fraction of sp³-hybridized carbons (Fsp3) is 0.467. The van der Waals surface area contributed by atoms with Gasteiger partial charge in [-0.1, -0.05) is 30.8 Å². The van der Waals surface area contributed by atoms with E-state index in [4.69, 9.17) is 10.3 Å². The second-order valence-corrected chi connectivity index (χ2v) is 6.47. The van der Waals surface area contributed by atoms with E-state index in [9.17, 15) is 4.39 Å². The van der Waals surface area contributed by atoms with E-state index in [1.165, 1.54) is 25.0 Å². The van der Waals surface area contributed by atoms with Gasteiger partial charge in [0, 0.05) is 10.0 Å². The zero-order chi connectivity index (χ0) is 14.9. The molecule has 1 fully saturated rings. The van der Waals surface area contributed by atoms with Crippen molar-refractivity contribution in [1.29, 1.82) is 0 Å². The third-order valence-electron chi connectivity index (χ3n) is 4.02. The Morgan fingerprint density at radius 1 is 1.19 bits per heavy atom. The van der Waals surface area contributed by atoms with E-state index in [1.807, 2.05) is 0 Å². The molecule has 1 saturated carbocycles. The zero-order valence-electron chi connectivity index (χ0n) is 11.6. The van der Waals surface area contributed by atoms with Crippen LogP contribution in [0, 0.1) is 5.82 Å². The quantitative estimate of drug-likeness (QED) is 0.823. The molecule has 6 heteroatoms. The highest BCUT2D eigenvalue weighted by Gasteiger charge is 2.34. The number of benzene rings is 1. The Morgan fingerprint density at radius 3 is 2.57 bits per heavy atom. The average Bonchev–Trinajstić information content (AvgIpc) is 2.83. The van der Waals surface area contributed by atoms with Gasteiger partial charge in [0.2, 0.25) is 11.7 Å². The molecule has 1 heterocycles. The number of aromatic nitrogens is 2. The van der Waals surface area contributed by atoms with Gasteiger partial charge >= 0.3 is 0 Å². The minimum Gasteiger partial charge on any atom is -0.337 e. The maximum Gasteiger partial charge on any atom is 0.247 e. The minimum absolute atomic E-state index is 0.312. The standard InChI is InChI=1S/C15H17BrFN3O/c16-12-9-10(17)5-6-11(12)13-19-14(21-20-13)15(18)7-3-1-2-4-8-15/h5-6,9H,1-4,7-8,18H2. The van der Waals surface area contributed by atoms with Crippen molar-refractivity contribution in [2.24, 2.45) is 5.73 Å². The molecule has 0 bridgehead atoms. The molecule has 1 aliphatic carbocycles. The SMILES string of the molecule is NC1(c2nc(-c3ccc(F)cc3Br)no2)CCCCCC1. The molecule has 1 aromatic carbocycles. The van der Waals surface area contributed by atoms with Crippen LogP contribution in [-0.4, -0.2) is 10.1 Å². The second-order valence-electron chi connectivity index (χ2n) is 5.62. The van der Waals surface area contributed by atoms with E-state index < -0.39 is 5.54 Å². The molecule has 0 amide bonds. The summed E-state index contributed by atoms with van der Waals surface area (Å²) in [5, 5.41) is 4.01. The van der Waals surface area contributed by atoms with Gasteiger partial charge < -0.3 is 10.3 Å². The maximum absolute atomic E-state index is 13.2. The fourth-order valence-corrected chi connectivity index (χ4v) is 3.31. The highest BCUT2D eigenvalue weighted by atomic mass is 79.9. The van der Waals surface area contributed by atoms with Gasteiger partial charge in [-0.2, -0.15) is 4.98 Å². The van der Waals surface area contributed by atoms with Crippen LogP contribution in [0.4, 0.5) is 4.39 Å². The molecule has 112 valence electrons. The first kappa shape index (κ1) is 14.7. The van der Waals surface area contributed by atoms with Gasteiger partial charge in [0.05, 0.1) is 5.54 Å². The third kappa shape index (κ3) is 3.01. The Balaban J connectivity index is 1.92. The Morgan fingerprint density at radius 2 is 1.90 bits per heavy atom. The predicted molar refractivity (Wildman–Crippen MR) is 81.0 cm³/mol. The molecule has 1 aliphatic rings. The molecule has 3 rings (SSSR count). The lowest BCUT2D eigenvalue weighted by molar-refractivity contribution is 0.257. The highest BCUT2D eigenvalue weighted by Crippen LogP contribution is 2.34. The van der Waals surface area contributed by atoms with Crippen molar-refractivity contribution in [3.63, 3.8) is 0 Å². The normalized spacial score (nSPS) is 18.4. The van der Waals surface area contributed by atoms with Crippen LogP contribution in [0.2, 0.25) is 0 Å². The summed E-state index contributed by atoms with van der Waals surface area (Å²) in [4.78, 5) is 4.45. The van der Waals surface area contributed by atoms with Gasteiger partial charge in [-0.25, -0.2) is 4.39 Å². The van der Waals surface area contributed by atoms with Gasteiger partial charge in [-0.15, -0.1) is 0 Å². The summed E-state index contributed by atoms with van der Waals surface area (Å²) in [6.07, 6.45) is 6.27. The Kier molecular flexibility index (Phi) is 4.08. The molecule has 4 nitrogen and oxygen atoms in total. The molecule has 21 heavy (non-hydrogen) atoms. The van der Waals surface area contributed by atoms with Gasteiger partial charge in [0.15, 0.2) is 0 Å². The number of hydrogen-bond donors (Lipinski definition) is 1. The first-order valence-electron chi connectivity index (χ1n) is 7.17. The van der Waals surface area contributed by atoms with Crippen LogP contribution < -0.4 is 5.73 Å². The van der Waals surface area contributed by atoms with Crippen LogP contribution in [0.3, 0.4) is 0 Å². The summed E-state index contributed by atoms with van der Waals surface area (Å²) < 4.78 is 19.2. The van der Waals surface area contributed by atoms with Crippen molar-refractivity contribution < 1.29 is 8.91 Å². The van der Waals surface area contributed by atoms with Crippen molar-refractivity contribution >= 4 is 15.9 Å². The lowest BCUT2D eigenvalue weighted by Crippen LogP contribution is -2.36. The molecule has 1 aromatic heterocycles. The smallest absolute Gasteiger partial charge is 0.247 e. The molecule has 0 aliphatic heterocycles. The van der Waals surface area contributed by atoms with E-state index >= 15 is 0 Å². The van der Waals surface area contributed by atoms with Crippen molar-refractivity contribution in [1.82, 2.24) is 10.1 Å². The molecule has 0 unspecified atom stereocenters. The fourth-order valence-electron chi connectivity index (χ4n) is 2.78. The van der Waals surface area contributed by atoms with Crippen molar-refractivity contribution in [3.05, 3.63) is 34.4 Å². The molecule has 0 spiro atoms. The van der Waals surface area contributed by atoms with Crippen LogP contribution in [0.5, 0.6) is 0 Å². The summed E-state index contributed by atoms with van der Waals surface area (Å²) >= 11 is 3.32. The predicted octanol–water partition coefficient (Wildman–Crippen LogP) is 4.15. The summed E-state index contributed by atoms with van der Waals surface area (Å²) in [7, 11) is 0. The molecular formula is C15H17BrFN3O. The van der Waals surface area contributed by atoms with Gasteiger partial charge in [-0.05, 0) is 47.0 Å². The van der Waals surface area contributed by atoms with Crippen molar-refractivity contribution in [2.45, 2.75) is 44.1 Å². The number of halogens is 2. The number of nitrogens with two attached hydrogens (primary N) is 1. The summed E-state index contributed by atoms with van der Waals surface area (Å²) in [5.41, 5.74) is 6.63. The molecule has 2 aromatic rings. The molecule has 2 N–H and O–H groups in total. The lowest BCUT2D eigenvalue weighted by atomic mass is 9.91. The first-order valence-corrected chi connectivity index (χ1v) is 7.96. The van der Waals surface area contributed by atoms with E-state index in [2.05, 4.69) is 26.1 Å². The van der Waals surface area contributed by atoms with E-state index in [-0.39, 0.29) is 5.82 Å². The van der Waals surface area contributed by atoms with Gasteiger partial charge in [-0.3, -0.25) is 0 Å². The Bertz CT molecular complexity index is 636. The van der Waals surface area contributed by atoms with Crippen LogP contribution in [0.15, 0.2) is 27.2 Å². The molecule has 0 saturated heterocycles. The number of nitrogens with zero attached hydrogens (tertiary/aromatic N) is 2. The minimum atomic E-state index is -0.533.